The first-order valence-electron chi connectivity index (χ1n) is 18.0. The van der Waals surface area contributed by atoms with Crippen molar-refractivity contribution in [2.75, 3.05) is 67.7 Å². The smallest absolute Gasteiger partial charge is 0.259 e. The maximum Gasteiger partial charge on any atom is 0.259 e. The highest BCUT2D eigenvalue weighted by molar-refractivity contribution is 7.72. The number of benzene rings is 3. The molecule has 3 aromatic heterocycles. The molecule has 0 bridgehead atoms. The van der Waals surface area contributed by atoms with Gasteiger partial charge in [-0.1, -0.05) is 12.1 Å². The summed E-state index contributed by atoms with van der Waals surface area (Å²) < 4.78 is 64.6. The van der Waals surface area contributed by atoms with Gasteiger partial charge in [-0.05, 0) is 74.0 Å². The summed E-state index contributed by atoms with van der Waals surface area (Å²) in [6.07, 6.45) is 3.49. The van der Waals surface area contributed by atoms with Gasteiger partial charge in [0.15, 0.2) is 0 Å². The maximum atomic E-state index is 14.5. The molecule has 0 unspecified atom stereocenters. The van der Waals surface area contributed by atoms with Crippen LogP contribution in [0.2, 0.25) is 0 Å². The van der Waals surface area contributed by atoms with Crippen LogP contribution in [0.4, 0.5) is 31.8 Å². The summed E-state index contributed by atoms with van der Waals surface area (Å²) in [5.74, 6) is -1.28. The zero-order valence-electron chi connectivity index (χ0n) is 31.0. The Morgan fingerprint density at radius 2 is 1.71 bits per heavy atom. The maximum absolute atomic E-state index is 14.5. The van der Waals surface area contributed by atoms with Gasteiger partial charge in [-0.15, -0.1) is 0 Å². The quantitative estimate of drug-likeness (QED) is 0.116. The summed E-state index contributed by atoms with van der Waals surface area (Å²) in [6.45, 7) is 7.61. The standard InChI is InChI=1S/C40H40F2N8O5S/c1-4-55-33-12-11-26(23-27(33)39(51)47-37-28(41)8-7-9-29(37)42)36-38(50-15-6-5-10-35(50)46-36)30-13-14-43-40(44-30)45-31-22-25(2)32(24-34(31)54-3)49-18-16-48(17-19-49)20-21-56(52)53/h5-15,22-24,56H,4,16-21H2,1-3H3,(H,47,51)(H,43,44,45). The third-order valence-electron chi connectivity index (χ3n) is 9.50. The zero-order valence-corrected chi connectivity index (χ0v) is 31.9. The molecule has 4 heterocycles. The average Bonchev–Trinajstić information content (AvgIpc) is 3.59. The largest absolute Gasteiger partial charge is 0.494 e. The Hall–Kier alpha value is -6.13. The summed E-state index contributed by atoms with van der Waals surface area (Å²) in [7, 11) is -0.797. The van der Waals surface area contributed by atoms with E-state index in [1.54, 1.807) is 44.5 Å². The van der Waals surface area contributed by atoms with Crippen LogP contribution >= 0.6 is 0 Å². The van der Waals surface area contributed by atoms with Gasteiger partial charge in [0.2, 0.25) is 5.95 Å². The predicted molar refractivity (Wildman–Crippen MR) is 212 cm³/mol. The lowest BCUT2D eigenvalue weighted by atomic mass is 10.0. The molecule has 1 saturated heterocycles. The molecule has 1 fully saturated rings. The number of ether oxygens (including phenoxy) is 2. The molecule has 2 N–H and O–H groups in total. The lowest BCUT2D eigenvalue weighted by molar-refractivity contribution is 0.102. The van der Waals surface area contributed by atoms with Crippen LogP contribution in [0.5, 0.6) is 11.5 Å². The highest BCUT2D eigenvalue weighted by Crippen LogP contribution is 2.37. The molecule has 0 saturated carbocycles. The van der Waals surface area contributed by atoms with Gasteiger partial charge in [-0.2, -0.15) is 0 Å². The van der Waals surface area contributed by atoms with Crippen molar-refractivity contribution in [3.05, 3.63) is 108 Å². The zero-order chi connectivity index (χ0) is 39.3. The molecule has 16 heteroatoms. The van der Waals surface area contributed by atoms with E-state index in [9.17, 15) is 22.0 Å². The first kappa shape index (κ1) is 38.2. The number of amides is 1. The number of pyridine rings is 1. The fraction of sp³-hybridized carbons (Fsp3) is 0.250. The van der Waals surface area contributed by atoms with E-state index >= 15 is 0 Å². The lowest BCUT2D eigenvalue weighted by Crippen LogP contribution is -2.47. The molecule has 1 amide bonds. The Balaban J connectivity index is 1.20. The van der Waals surface area contributed by atoms with E-state index in [-0.39, 0.29) is 23.7 Å². The number of nitrogens with one attached hydrogen (secondary N) is 2. The summed E-state index contributed by atoms with van der Waals surface area (Å²) in [5, 5.41) is 5.69. The second-order valence-electron chi connectivity index (χ2n) is 13.0. The lowest BCUT2D eigenvalue weighted by Gasteiger charge is -2.36. The van der Waals surface area contributed by atoms with Gasteiger partial charge in [0.25, 0.3) is 5.91 Å². The number of halogens is 2. The Bertz CT molecular complexity index is 2460. The minimum atomic E-state index is -2.40. The fourth-order valence-corrected chi connectivity index (χ4v) is 7.21. The van der Waals surface area contributed by atoms with Crippen LogP contribution in [-0.2, 0) is 10.7 Å². The summed E-state index contributed by atoms with van der Waals surface area (Å²) in [4.78, 5) is 32.3. The number of aromatic nitrogens is 4. The number of thiol groups is 1. The normalized spacial score (nSPS) is 13.3. The first-order chi connectivity index (χ1) is 27.1. The van der Waals surface area contributed by atoms with Gasteiger partial charge < -0.3 is 25.0 Å². The van der Waals surface area contributed by atoms with Crippen molar-refractivity contribution in [3.63, 3.8) is 0 Å². The molecule has 0 aliphatic carbocycles. The summed E-state index contributed by atoms with van der Waals surface area (Å²) in [6, 6.07) is 19.6. The van der Waals surface area contributed by atoms with Crippen molar-refractivity contribution in [1.29, 1.82) is 0 Å². The second-order valence-corrected chi connectivity index (χ2v) is 14.2. The van der Waals surface area contributed by atoms with Crippen molar-refractivity contribution in [1.82, 2.24) is 24.3 Å². The van der Waals surface area contributed by atoms with Gasteiger partial charge in [0, 0.05) is 62.4 Å². The van der Waals surface area contributed by atoms with E-state index in [1.807, 2.05) is 47.9 Å². The Labute approximate surface area is 323 Å². The molecular formula is C40H40F2N8O5S. The molecule has 0 radical (unpaired) electrons. The number of carbonyl (C=O) groups excluding carboxylic acids is 1. The number of aryl methyl sites for hydroxylation is 1. The van der Waals surface area contributed by atoms with Crippen LogP contribution in [0.3, 0.4) is 0 Å². The molecule has 0 spiro atoms. The minimum Gasteiger partial charge on any atom is -0.494 e. The fourth-order valence-electron chi connectivity index (χ4n) is 6.77. The number of imidazole rings is 1. The van der Waals surface area contributed by atoms with Crippen molar-refractivity contribution in [2.24, 2.45) is 0 Å². The van der Waals surface area contributed by atoms with Crippen LogP contribution in [0.1, 0.15) is 22.8 Å². The van der Waals surface area contributed by atoms with Crippen molar-refractivity contribution in [3.8, 4) is 34.1 Å². The van der Waals surface area contributed by atoms with Crippen LogP contribution in [0, 0.1) is 18.6 Å². The molecule has 1 aliphatic rings. The number of para-hydroxylation sites is 1. The average molecular weight is 783 g/mol. The monoisotopic (exact) mass is 782 g/mol. The summed E-state index contributed by atoms with van der Waals surface area (Å²) >= 11 is 0. The van der Waals surface area contributed by atoms with Crippen LogP contribution in [-0.4, -0.2) is 90.8 Å². The molecule has 7 rings (SSSR count). The number of hydrogen-bond donors (Lipinski definition) is 3. The molecule has 0 atom stereocenters. The van der Waals surface area contributed by atoms with E-state index in [2.05, 4.69) is 25.4 Å². The molecule has 1 aliphatic heterocycles. The number of rotatable bonds is 13. The predicted octanol–water partition coefficient (Wildman–Crippen LogP) is 6.18. The van der Waals surface area contributed by atoms with Crippen LogP contribution < -0.4 is 25.0 Å². The third-order valence-corrected chi connectivity index (χ3v) is 10.1. The van der Waals surface area contributed by atoms with E-state index in [0.29, 0.717) is 52.2 Å². The number of fused-ring (bicyclic) bond motifs is 1. The molecule has 13 nitrogen and oxygen atoms in total. The number of methoxy groups -OCH3 is 1. The van der Waals surface area contributed by atoms with Gasteiger partial charge in [0.05, 0.1) is 47.8 Å². The summed E-state index contributed by atoms with van der Waals surface area (Å²) in [5.41, 5.74) is 4.98. The topological polar surface area (TPSA) is 143 Å². The molecule has 6 aromatic rings. The van der Waals surface area contributed by atoms with E-state index in [4.69, 9.17) is 19.4 Å². The van der Waals surface area contributed by atoms with Crippen molar-refractivity contribution in [2.45, 2.75) is 13.8 Å². The second kappa shape index (κ2) is 16.7. The molecule has 56 heavy (non-hydrogen) atoms. The van der Waals surface area contributed by atoms with E-state index < -0.39 is 33.9 Å². The Morgan fingerprint density at radius 3 is 2.45 bits per heavy atom. The first-order valence-corrected chi connectivity index (χ1v) is 19.4. The Morgan fingerprint density at radius 1 is 0.929 bits per heavy atom. The van der Waals surface area contributed by atoms with Gasteiger partial charge in [-0.3, -0.25) is 14.1 Å². The SMILES string of the molecule is CCOc1ccc(-c2nc3ccccn3c2-c2ccnc(Nc3cc(C)c(N4CCN(CC[SH](=O)=O)CC4)cc3OC)n2)cc1C(=O)Nc1c(F)cccc1F. The van der Waals surface area contributed by atoms with Gasteiger partial charge >= 0.3 is 0 Å². The number of anilines is 4. The number of carbonyl (C=O) groups is 1. The van der Waals surface area contributed by atoms with Crippen molar-refractivity contribution >= 4 is 45.3 Å². The Kier molecular flexibility index (Phi) is 11.4. The number of piperazine rings is 1. The van der Waals surface area contributed by atoms with Crippen molar-refractivity contribution < 1.29 is 31.5 Å². The van der Waals surface area contributed by atoms with E-state index in [0.717, 1.165) is 49.6 Å². The highest BCUT2D eigenvalue weighted by Gasteiger charge is 2.24. The highest BCUT2D eigenvalue weighted by atomic mass is 32.2. The van der Waals surface area contributed by atoms with E-state index in [1.165, 1.54) is 6.07 Å². The minimum absolute atomic E-state index is 0.0604. The number of hydrogen-bond acceptors (Lipinski definition) is 11. The van der Waals surface area contributed by atoms with Gasteiger partial charge in [-0.25, -0.2) is 32.2 Å². The van der Waals surface area contributed by atoms with Crippen LogP contribution in [0.15, 0.2) is 85.2 Å². The molecular weight excluding hydrogens is 743 g/mol. The molecule has 3 aromatic carbocycles. The van der Waals surface area contributed by atoms with Crippen LogP contribution in [0.25, 0.3) is 28.3 Å². The third kappa shape index (κ3) is 8.11. The van der Waals surface area contributed by atoms with Gasteiger partial charge in [0.1, 0.15) is 45.2 Å². The number of nitrogens with zero attached hydrogens (tertiary/aromatic N) is 6. The molecule has 290 valence electrons.